The van der Waals surface area contributed by atoms with E-state index in [4.69, 9.17) is 16.3 Å². The minimum atomic E-state index is -0.711. The number of hydrogen-bond donors (Lipinski definition) is 1. The van der Waals surface area contributed by atoms with Crippen LogP contribution in [0.3, 0.4) is 0 Å². The van der Waals surface area contributed by atoms with Crippen molar-refractivity contribution in [2.75, 3.05) is 13.2 Å². The molecule has 0 fully saturated rings. The first-order valence-corrected chi connectivity index (χ1v) is 11.4. The molecule has 1 unspecified atom stereocenters. The summed E-state index contributed by atoms with van der Waals surface area (Å²) in [4.78, 5) is 28.1. The third-order valence-electron chi connectivity index (χ3n) is 5.27. The van der Waals surface area contributed by atoms with E-state index >= 15 is 0 Å². The zero-order valence-corrected chi connectivity index (χ0v) is 19.7. The fourth-order valence-corrected chi connectivity index (χ4v) is 3.78. The maximum Gasteiger partial charge on any atom is 0.261 e. The first kappa shape index (κ1) is 24.3. The van der Waals surface area contributed by atoms with Gasteiger partial charge in [-0.2, -0.15) is 0 Å². The summed E-state index contributed by atoms with van der Waals surface area (Å²) in [6, 6.07) is 23.8. The molecular formula is C27H29ClN2O3. The lowest BCUT2D eigenvalue weighted by atomic mass is 10.0. The quantitative estimate of drug-likeness (QED) is 0.468. The van der Waals surface area contributed by atoms with E-state index in [2.05, 4.69) is 5.32 Å². The van der Waals surface area contributed by atoms with Crippen LogP contribution in [0, 0.1) is 6.92 Å². The molecule has 0 heterocycles. The van der Waals surface area contributed by atoms with Crippen LogP contribution in [-0.4, -0.2) is 35.9 Å². The van der Waals surface area contributed by atoms with E-state index < -0.39 is 6.04 Å². The smallest absolute Gasteiger partial charge is 0.261 e. The van der Waals surface area contributed by atoms with Gasteiger partial charge in [0.15, 0.2) is 6.61 Å². The predicted molar refractivity (Wildman–Crippen MR) is 131 cm³/mol. The predicted octanol–water partition coefficient (Wildman–Crippen LogP) is 4.80. The highest BCUT2D eigenvalue weighted by Gasteiger charge is 2.30. The fourth-order valence-electron chi connectivity index (χ4n) is 3.59. The zero-order valence-electron chi connectivity index (χ0n) is 19.0. The van der Waals surface area contributed by atoms with Crippen molar-refractivity contribution in [3.63, 3.8) is 0 Å². The second-order valence-electron chi connectivity index (χ2n) is 7.82. The maximum absolute atomic E-state index is 13.4. The van der Waals surface area contributed by atoms with Gasteiger partial charge in [0.05, 0.1) is 0 Å². The Balaban J connectivity index is 1.90. The molecule has 5 nitrogen and oxygen atoms in total. The van der Waals surface area contributed by atoms with Crippen molar-refractivity contribution < 1.29 is 14.3 Å². The molecule has 33 heavy (non-hydrogen) atoms. The summed E-state index contributed by atoms with van der Waals surface area (Å²) in [5.74, 6) is 0.111. The number of nitrogens with one attached hydrogen (secondary N) is 1. The average molecular weight is 465 g/mol. The Morgan fingerprint density at radius 2 is 1.73 bits per heavy atom. The number of benzene rings is 3. The van der Waals surface area contributed by atoms with Gasteiger partial charge in [0.25, 0.3) is 5.91 Å². The molecule has 0 aliphatic rings. The van der Waals surface area contributed by atoms with Crippen molar-refractivity contribution in [1.82, 2.24) is 10.2 Å². The van der Waals surface area contributed by atoms with E-state index in [0.717, 1.165) is 16.7 Å². The van der Waals surface area contributed by atoms with Crippen molar-refractivity contribution in [3.8, 4) is 5.75 Å². The number of halogens is 1. The van der Waals surface area contributed by atoms with Crippen LogP contribution in [0.25, 0.3) is 0 Å². The monoisotopic (exact) mass is 464 g/mol. The van der Waals surface area contributed by atoms with E-state index in [9.17, 15) is 9.59 Å². The molecule has 0 spiro atoms. The van der Waals surface area contributed by atoms with E-state index in [1.54, 1.807) is 11.0 Å². The summed E-state index contributed by atoms with van der Waals surface area (Å²) >= 11 is 6.40. The summed E-state index contributed by atoms with van der Waals surface area (Å²) in [6.45, 7) is 4.31. The summed E-state index contributed by atoms with van der Waals surface area (Å²) in [7, 11) is 0. The molecule has 0 saturated heterocycles. The van der Waals surface area contributed by atoms with Crippen LogP contribution in [-0.2, 0) is 22.6 Å². The minimum absolute atomic E-state index is 0.182. The molecular weight excluding hydrogens is 436 g/mol. The van der Waals surface area contributed by atoms with Gasteiger partial charge in [-0.1, -0.05) is 72.3 Å². The van der Waals surface area contributed by atoms with Gasteiger partial charge in [-0.05, 0) is 48.7 Å². The number of hydrogen-bond acceptors (Lipinski definition) is 3. The number of nitrogens with zero attached hydrogens (tertiary/aromatic N) is 1. The molecule has 1 N–H and O–H groups in total. The Kier molecular flexibility index (Phi) is 8.90. The van der Waals surface area contributed by atoms with Crippen LogP contribution in [0.5, 0.6) is 5.75 Å². The van der Waals surface area contributed by atoms with Gasteiger partial charge in [0.2, 0.25) is 5.91 Å². The van der Waals surface area contributed by atoms with E-state index in [-0.39, 0.29) is 25.0 Å². The van der Waals surface area contributed by atoms with Crippen LogP contribution in [0.2, 0.25) is 5.02 Å². The lowest BCUT2D eigenvalue weighted by Gasteiger charge is -2.31. The Labute approximate surface area is 200 Å². The van der Waals surface area contributed by atoms with Gasteiger partial charge >= 0.3 is 0 Å². The lowest BCUT2D eigenvalue weighted by molar-refractivity contribution is -0.142. The molecule has 0 aliphatic carbocycles. The van der Waals surface area contributed by atoms with Crippen molar-refractivity contribution in [2.24, 2.45) is 0 Å². The summed E-state index contributed by atoms with van der Waals surface area (Å²) in [6.07, 6.45) is 0.382. The van der Waals surface area contributed by atoms with E-state index in [1.807, 2.05) is 86.6 Å². The third kappa shape index (κ3) is 7.09. The van der Waals surface area contributed by atoms with Gasteiger partial charge in [-0.25, -0.2) is 0 Å². The Morgan fingerprint density at radius 3 is 2.42 bits per heavy atom. The van der Waals surface area contributed by atoms with Crippen molar-refractivity contribution >= 4 is 23.4 Å². The summed E-state index contributed by atoms with van der Waals surface area (Å²) in [5, 5.41) is 3.42. The molecule has 0 aromatic heterocycles. The molecule has 3 aromatic rings. The van der Waals surface area contributed by atoms with Crippen molar-refractivity contribution in [1.29, 1.82) is 0 Å². The highest BCUT2D eigenvalue weighted by atomic mass is 35.5. The van der Waals surface area contributed by atoms with Crippen LogP contribution in [0.15, 0.2) is 78.9 Å². The molecule has 3 aromatic carbocycles. The van der Waals surface area contributed by atoms with Crippen LogP contribution in [0.4, 0.5) is 0 Å². The minimum Gasteiger partial charge on any atom is -0.484 e. The third-order valence-corrected chi connectivity index (χ3v) is 5.64. The summed E-state index contributed by atoms with van der Waals surface area (Å²) in [5.41, 5.74) is 2.77. The molecule has 3 rings (SSSR count). The number of likely N-dealkylation sites (N-methyl/N-ethyl adjacent to an activating group) is 1. The number of ether oxygens (including phenoxy) is 1. The van der Waals surface area contributed by atoms with Crippen LogP contribution < -0.4 is 10.1 Å². The normalized spacial score (nSPS) is 11.5. The maximum atomic E-state index is 13.4. The van der Waals surface area contributed by atoms with E-state index in [0.29, 0.717) is 23.7 Å². The molecule has 0 aliphatic heterocycles. The molecule has 1 atom stereocenters. The molecule has 2 amide bonds. The fraction of sp³-hybridized carbons (Fsp3) is 0.259. The van der Waals surface area contributed by atoms with Gasteiger partial charge in [-0.15, -0.1) is 0 Å². The van der Waals surface area contributed by atoms with Crippen LogP contribution in [0.1, 0.15) is 23.6 Å². The SMILES string of the molecule is CCNC(=O)C(Cc1ccccc1)N(Cc1ccccc1Cl)C(=O)COc1cccc(C)c1. The standard InChI is InChI=1S/C27H29ClN2O3/c1-3-29-27(32)25(17-21-11-5-4-6-12-21)30(18-22-13-7-8-15-24(22)28)26(31)19-33-23-14-9-10-20(2)16-23/h4-16,25H,3,17-19H2,1-2H3,(H,29,32). The molecule has 0 radical (unpaired) electrons. The molecule has 0 bridgehead atoms. The zero-order chi connectivity index (χ0) is 23.6. The van der Waals surface area contributed by atoms with Gasteiger partial charge < -0.3 is 15.0 Å². The Hall–Kier alpha value is -3.31. The molecule has 0 saturated carbocycles. The van der Waals surface area contributed by atoms with Crippen molar-refractivity contribution in [3.05, 3.63) is 101 Å². The average Bonchev–Trinajstić information content (AvgIpc) is 2.82. The number of carbonyl (C=O) groups excluding carboxylic acids is 2. The Bertz CT molecular complexity index is 1070. The first-order valence-electron chi connectivity index (χ1n) is 11.0. The number of carbonyl (C=O) groups is 2. The lowest BCUT2D eigenvalue weighted by Crippen LogP contribution is -2.51. The van der Waals surface area contributed by atoms with Gasteiger partial charge in [0.1, 0.15) is 11.8 Å². The highest BCUT2D eigenvalue weighted by molar-refractivity contribution is 6.31. The number of rotatable bonds is 10. The van der Waals surface area contributed by atoms with Crippen molar-refractivity contribution in [2.45, 2.75) is 32.9 Å². The summed E-state index contributed by atoms with van der Waals surface area (Å²) < 4.78 is 5.78. The largest absolute Gasteiger partial charge is 0.484 e. The first-order chi connectivity index (χ1) is 16.0. The van der Waals surface area contributed by atoms with Gasteiger partial charge in [0, 0.05) is 24.5 Å². The molecule has 172 valence electrons. The number of aryl methyl sites for hydroxylation is 1. The second-order valence-corrected chi connectivity index (χ2v) is 8.23. The second kappa shape index (κ2) is 12.1. The molecule has 6 heteroatoms. The highest BCUT2D eigenvalue weighted by Crippen LogP contribution is 2.21. The topological polar surface area (TPSA) is 58.6 Å². The van der Waals surface area contributed by atoms with Crippen LogP contribution >= 0.6 is 11.6 Å². The number of amides is 2. The van der Waals surface area contributed by atoms with Gasteiger partial charge in [-0.3, -0.25) is 9.59 Å². The Morgan fingerprint density at radius 1 is 1.00 bits per heavy atom. The van der Waals surface area contributed by atoms with E-state index in [1.165, 1.54) is 0 Å².